The maximum Gasteiger partial charge on any atom is 0.339 e. The highest BCUT2D eigenvalue weighted by molar-refractivity contribution is 7.91. The third kappa shape index (κ3) is 5.17. The Morgan fingerprint density at radius 2 is 1.61 bits per heavy atom. The quantitative estimate of drug-likeness (QED) is 0.701. The van der Waals surface area contributed by atoms with Gasteiger partial charge in [0.05, 0.1) is 28.9 Å². The van der Waals surface area contributed by atoms with Gasteiger partial charge in [0.2, 0.25) is 0 Å². The molecule has 1 amide bonds. The number of rotatable bonds is 7. The molecule has 0 aliphatic rings. The summed E-state index contributed by atoms with van der Waals surface area (Å²) in [4.78, 5) is 35.4. The van der Waals surface area contributed by atoms with Crippen LogP contribution in [0.5, 0.6) is 0 Å². The molecule has 0 bridgehead atoms. The van der Waals surface area contributed by atoms with E-state index in [2.05, 4.69) is 10.1 Å². The average Bonchev–Trinajstić information content (AvgIpc) is 2.72. The number of ether oxygens (including phenoxy) is 2. The number of carbonyl (C=O) groups is 3. The second-order valence-corrected chi connectivity index (χ2v) is 7.84. The molecule has 0 atom stereocenters. The number of hydrogen-bond acceptors (Lipinski definition) is 7. The molecule has 0 aliphatic carbocycles. The van der Waals surface area contributed by atoms with E-state index in [1.165, 1.54) is 62.6 Å². The van der Waals surface area contributed by atoms with Crippen molar-refractivity contribution in [3.8, 4) is 0 Å². The summed E-state index contributed by atoms with van der Waals surface area (Å²) in [5.41, 5.74) is 0.586. The van der Waals surface area contributed by atoms with Gasteiger partial charge in [-0.15, -0.1) is 0 Å². The van der Waals surface area contributed by atoms with Gasteiger partial charge in [-0.3, -0.25) is 4.79 Å². The van der Waals surface area contributed by atoms with Gasteiger partial charge < -0.3 is 14.8 Å². The Labute approximate surface area is 162 Å². The topological polar surface area (TPSA) is 116 Å². The van der Waals surface area contributed by atoms with E-state index < -0.39 is 34.3 Å². The van der Waals surface area contributed by atoms with Crippen molar-refractivity contribution in [2.75, 3.05) is 24.8 Å². The van der Waals surface area contributed by atoms with Crippen LogP contribution in [0.25, 0.3) is 0 Å². The molecule has 0 unspecified atom stereocenters. The fraction of sp³-hybridized carbons (Fsp3) is 0.211. The first-order valence-electron chi connectivity index (χ1n) is 8.25. The van der Waals surface area contributed by atoms with Crippen molar-refractivity contribution in [1.82, 2.24) is 0 Å². The molecule has 0 radical (unpaired) electrons. The van der Waals surface area contributed by atoms with E-state index in [4.69, 9.17) is 4.74 Å². The fourth-order valence-electron chi connectivity index (χ4n) is 2.28. The van der Waals surface area contributed by atoms with Crippen LogP contribution in [-0.2, 0) is 24.1 Å². The molecule has 28 heavy (non-hydrogen) atoms. The molecular weight excluding hydrogens is 386 g/mol. The van der Waals surface area contributed by atoms with Crippen LogP contribution in [0.1, 0.15) is 27.6 Å². The van der Waals surface area contributed by atoms with Crippen LogP contribution in [0.15, 0.2) is 53.4 Å². The lowest BCUT2D eigenvalue weighted by molar-refractivity contribution is -0.119. The Bertz CT molecular complexity index is 982. The number of nitrogens with one attached hydrogen (secondary N) is 1. The Balaban J connectivity index is 2.00. The molecular formula is C19H19NO7S. The fourth-order valence-corrected chi connectivity index (χ4v) is 3.36. The first kappa shape index (κ1) is 21.1. The zero-order valence-electron chi connectivity index (χ0n) is 15.3. The van der Waals surface area contributed by atoms with Gasteiger partial charge >= 0.3 is 11.9 Å². The third-order valence-electron chi connectivity index (χ3n) is 3.75. The molecule has 148 valence electrons. The number of esters is 2. The zero-order chi connectivity index (χ0) is 20.7. The summed E-state index contributed by atoms with van der Waals surface area (Å²) >= 11 is 0. The molecule has 2 rings (SSSR count). The first-order valence-corrected chi connectivity index (χ1v) is 9.91. The summed E-state index contributed by atoms with van der Waals surface area (Å²) < 4.78 is 33.7. The summed E-state index contributed by atoms with van der Waals surface area (Å²) in [6, 6.07) is 11.6. The van der Waals surface area contributed by atoms with Crippen molar-refractivity contribution in [3.63, 3.8) is 0 Å². The second-order valence-electron chi connectivity index (χ2n) is 5.59. The van der Waals surface area contributed by atoms with Crippen LogP contribution in [0.3, 0.4) is 0 Å². The van der Waals surface area contributed by atoms with Crippen molar-refractivity contribution in [3.05, 3.63) is 59.7 Å². The highest BCUT2D eigenvalue weighted by Gasteiger charge is 2.22. The minimum absolute atomic E-state index is 0.125. The van der Waals surface area contributed by atoms with E-state index in [-0.39, 0.29) is 16.2 Å². The molecule has 1 N–H and O–H groups in total. The van der Waals surface area contributed by atoms with Crippen molar-refractivity contribution in [2.45, 2.75) is 11.8 Å². The van der Waals surface area contributed by atoms with Crippen molar-refractivity contribution in [2.24, 2.45) is 0 Å². The summed E-state index contributed by atoms with van der Waals surface area (Å²) in [5, 5.41) is 2.50. The minimum Gasteiger partial charge on any atom is -0.465 e. The molecule has 2 aromatic rings. The molecule has 0 aromatic heterocycles. The Hall–Kier alpha value is -3.20. The molecule has 9 heteroatoms. The summed E-state index contributed by atoms with van der Waals surface area (Å²) in [6.45, 7) is 0.870. The Morgan fingerprint density at radius 3 is 2.21 bits per heavy atom. The largest absolute Gasteiger partial charge is 0.465 e. The molecule has 0 saturated heterocycles. The van der Waals surface area contributed by atoms with E-state index in [9.17, 15) is 22.8 Å². The van der Waals surface area contributed by atoms with Crippen LogP contribution in [0.2, 0.25) is 0 Å². The monoisotopic (exact) mass is 405 g/mol. The third-order valence-corrected chi connectivity index (χ3v) is 5.53. The van der Waals surface area contributed by atoms with Gasteiger partial charge in [0.15, 0.2) is 16.4 Å². The van der Waals surface area contributed by atoms with E-state index in [1.54, 1.807) is 0 Å². The average molecular weight is 405 g/mol. The van der Waals surface area contributed by atoms with Crippen LogP contribution in [0, 0.1) is 0 Å². The molecule has 0 fully saturated rings. The van der Waals surface area contributed by atoms with Crippen molar-refractivity contribution >= 4 is 33.4 Å². The lowest BCUT2D eigenvalue weighted by atomic mass is 10.2. The number of benzene rings is 2. The van der Waals surface area contributed by atoms with Gasteiger partial charge in [-0.2, -0.15) is 0 Å². The smallest absolute Gasteiger partial charge is 0.339 e. The minimum atomic E-state index is -3.61. The maximum absolute atomic E-state index is 12.2. The predicted molar refractivity (Wildman–Crippen MR) is 101 cm³/mol. The van der Waals surface area contributed by atoms with E-state index in [1.807, 2.05) is 0 Å². The molecule has 0 spiro atoms. The SMILES string of the molecule is CCS(=O)(=O)c1ccccc1C(=O)OCC(=O)Nc1ccc(C(=O)OC)cc1. The maximum atomic E-state index is 12.2. The number of amides is 1. The number of anilines is 1. The Kier molecular flexibility index (Phi) is 6.89. The van der Waals surface area contributed by atoms with Gasteiger partial charge in [0, 0.05) is 5.69 Å². The van der Waals surface area contributed by atoms with Crippen molar-refractivity contribution in [1.29, 1.82) is 0 Å². The first-order chi connectivity index (χ1) is 13.3. The lowest BCUT2D eigenvalue weighted by Crippen LogP contribution is -2.22. The second kappa shape index (κ2) is 9.14. The summed E-state index contributed by atoms with van der Waals surface area (Å²) in [5.74, 6) is -2.20. The van der Waals surface area contributed by atoms with Crippen LogP contribution >= 0.6 is 0 Å². The molecule has 8 nitrogen and oxygen atoms in total. The molecule has 0 aliphatic heterocycles. The highest BCUT2D eigenvalue weighted by atomic mass is 32.2. The Morgan fingerprint density at radius 1 is 0.964 bits per heavy atom. The number of sulfone groups is 1. The number of hydrogen-bond donors (Lipinski definition) is 1. The number of methoxy groups -OCH3 is 1. The zero-order valence-corrected chi connectivity index (χ0v) is 16.1. The van der Waals surface area contributed by atoms with E-state index in [0.717, 1.165) is 0 Å². The van der Waals surface area contributed by atoms with E-state index in [0.29, 0.717) is 11.3 Å². The lowest BCUT2D eigenvalue weighted by Gasteiger charge is -2.10. The molecule has 2 aromatic carbocycles. The normalized spacial score (nSPS) is 10.8. The van der Waals surface area contributed by atoms with Crippen LogP contribution < -0.4 is 5.32 Å². The summed E-state index contributed by atoms with van der Waals surface area (Å²) in [7, 11) is -2.35. The summed E-state index contributed by atoms with van der Waals surface area (Å²) in [6.07, 6.45) is 0. The molecule has 0 saturated carbocycles. The van der Waals surface area contributed by atoms with Crippen LogP contribution in [0.4, 0.5) is 5.69 Å². The van der Waals surface area contributed by atoms with Gasteiger partial charge in [-0.1, -0.05) is 19.1 Å². The highest BCUT2D eigenvalue weighted by Crippen LogP contribution is 2.18. The molecule has 0 heterocycles. The van der Waals surface area contributed by atoms with E-state index >= 15 is 0 Å². The van der Waals surface area contributed by atoms with Gasteiger partial charge in [-0.25, -0.2) is 18.0 Å². The van der Waals surface area contributed by atoms with Crippen LogP contribution in [-0.4, -0.2) is 45.7 Å². The van der Waals surface area contributed by atoms with Gasteiger partial charge in [0.25, 0.3) is 5.91 Å². The predicted octanol–water partition coefficient (Wildman–Crippen LogP) is 2.06. The standard InChI is InChI=1S/C19H19NO7S/c1-3-28(24,25)16-7-5-4-6-15(16)19(23)27-12-17(21)20-14-10-8-13(9-11-14)18(22)26-2/h4-11H,3,12H2,1-2H3,(H,20,21). The van der Waals surface area contributed by atoms with Gasteiger partial charge in [-0.05, 0) is 36.4 Å². The van der Waals surface area contributed by atoms with Crippen molar-refractivity contribution < 1.29 is 32.3 Å². The number of carbonyl (C=O) groups excluding carboxylic acids is 3. The van der Waals surface area contributed by atoms with Gasteiger partial charge in [0.1, 0.15) is 0 Å².